The lowest BCUT2D eigenvalue weighted by Crippen LogP contribution is -2.53. The van der Waals surface area contributed by atoms with Crippen molar-refractivity contribution in [2.45, 2.75) is 37.8 Å². The van der Waals surface area contributed by atoms with E-state index < -0.39 is 17.4 Å². The Balaban J connectivity index is 1.49. The summed E-state index contributed by atoms with van der Waals surface area (Å²) < 4.78 is 5.06. The number of anilines is 2. The van der Waals surface area contributed by atoms with Crippen molar-refractivity contribution in [1.29, 1.82) is 0 Å². The second-order valence-electron chi connectivity index (χ2n) is 8.33. The van der Waals surface area contributed by atoms with E-state index in [1.165, 1.54) is 0 Å². The second kappa shape index (κ2) is 7.50. The smallest absolute Gasteiger partial charge is 0.338 e. The Morgan fingerprint density at radius 2 is 2.06 bits per heavy atom. The number of nitrogens with zero attached hydrogens (tertiary/aromatic N) is 1. The number of rotatable bonds is 4. The van der Waals surface area contributed by atoms with E-state index >= 15 is 0 Å². The highest BCUT2D eigenvalue weighted by molar-refractivity contribution is 6.10. The lowest BCUT2D eigenvalue weighted by Gasteiger charge is -2.36. The molecule has 7 heteroatoms. The Labute approximate surface area is 180 Å². The molecule has 0 bridgehead atoms. The van der Waals surface area contributed by atoms with Crippen molar-refractivity contribution in [2.75, 3.05) is 23.8 Å². The molecule has 2 aromatic carbocycles. The predicted molar refractivity (Wildman–Crippen MR) is 116 cm³/mol. The van der Waals surface area contributed by atoms with Crippen molar-refractivity contribution in [3.8, 4) is 0 Å². The Morgan fingerprint density at radius 1 is 1.23 bits per heavy atom. The number of para-hydroxylation sites is 1. The van der Waals surface area contributed by atoms with E-state index in [2.05, 4.69) is 15.5 Å². The summed E-state index contributed by atoms with van der Waals surface area (Å²) in [6.45, 7) is 2.83. The van der Waals surface area contributed by atoms with Crippen LogP contribution in [0, 0.1) is 5.92 Å². The molecule has 2 saturated heterocycles. The minimum Gasteiger partial charge on any atom is -0.462 e. The van der Waals surface area contributed by atoms with E-state index in [-0.39, 0.29) is 24.5 Å². The van der Waals surface area contributed by atoms with Gasteiger partial charge in [-0.25, -0.2) is 4.79 Å². The molecule has 0 aromatic heterocycles. The predicted octanol–water partition coefficient (Wildman–Crippen LogP) is 3.13. The average molecular weight is 419 g/mol. The van der Waals surface area contributed by atoms with Gasteiger partial charge in [-0.3, -0.25) is 14.5 Å². The number of ether oxygens (including phenoxy) is 1. The Kier molecular flexibility index (Phi) is 4.78. The van der Waals surface area contributed by atoms with E-state index in [1.54, 1.807) is 31.2 Å². The van der Waals surface area contributed by atoms with Crippen molar-refractivity contribution in [3.05, 3.63) is 59.7 Å². The standard InChI is InChI=1S/C24H25N3O4/c1-2-31-22(29)15-7-5-8-16(13-15)25-21(28)19-14-17-9-6-12-27(17)24(19)18-10-3-4-11-20(18)26-23(24)30/h3-5,7-8,10-11,13,17,19H,2,6,9,12,14H2,1H3,(H,25,28)(H,26,30). The van der Waals surface area contributed by atoms with Crippen LogP contribution in [-0.4, -0.2) is 41.9 Å². The zero-order valence-corrected chi connectivity index (χ0v) is 17.4. The van der Waals surface area contributed by atoms with Gasteiger partial charge in [0.15, 0.2) is 0 Å². The molecule has 3 heterocycles. The lowest BCUT2D eigenvalue weighted by molar-refractivity contribution is -0.135. The summed E-state index contributed by atoms with van der Waals surface area (Å²) in [6, 6.07) is 14.6. The minimum atomic E-state index is -0.986. The monoisotopic (exact) mass is 419 g/mol. The number of hydrogen-bond acceptors (Lipinski definition) is 5. The number of amides is 2. The molecule has 2 fully saturated rings. The number of hydrogen-bond donors (Lipinski definition) is 2. The summed E-state index contributed by atoms with van der Waals surface area (Å²) >= 11 is 0. The summed E-state index contributed by atoms with van der Waals surface area (Å²) in [5, 5.41) is 5.97. The number of esters is 1. The fourth-order valence-corrected chi connectivity index (χ4v) is 5.55. The number of nitrogens with one attached hydrogen (secondary N) is 2. The zero-order chi connectivity index (χ0) is 21.6. The van der Waals surface area contributed by atoms with Crippen LogP contribution in [0.1, 0.15) is 42.1 Å². The maximum atomic E-state index is 13.5. The first kappa shape index (κ1) is 19.8. The molecule has 0 radical (unpaired) electrons. The molecule has 31 heavy (non-hydrogen) atoms. The summed E-state index contributed by atoms with van der Waals surface area (Å²) in [7, 11) is 0. The third kappa shape index (κ3) is 2.95. The fraction of sp³-hybridized carbons (Fsp3) is 0.375. The normalized spacial score (nSPS) is 26.4. The average Bonchev–Trinajstić information content (AvgIpc) is 3.43. The summed E-state index contributed by atoms with van der Waals surface area (Å²) in [4.78, 5) is 41.2. The van der Waals surface area contributed by atoms with Crippen LogP contribution in [0.25, 0.3) is 0 Å². The molecule has 3 atom stereocenters. The third-order valence-corrected chi connectivity index (χ3v) is 6.73. The van der Waals surface area contributed by atoms with Gasteiger partial charge >= 0.3 is 5.97 Å². The molecule has 1 spiro atoms. The van der Waals surface area contributed by atoms with Crippen molar-refractivity contribution in [3.63, 3.8) is 0 Å². The fourth-order valence-electron chi connectivity index (χ4n) is 5.55. The van der Waals surface area contributed by atoms with E-state index in [1.807, 2.05) is 24.3 Å². The molecule has 2 N–H and O–H groups in total. The van der Waals surface area contributed by atoms with Gasteiger partial charge in [0.1, 0.15) is 5.54 Å². The van der Waals surface area contributed by atoms with Crippen molar-refractivity contribution in [2.24, 2.45) is 5.92 Å². The maximum Gasteiger partial charge on any atom is 0.338 e. The molecule has 5 rings (SSSR count). The quantitative estimate of drug-likeness (QED) is 0.744. The van der Waals surface area contributed by atoms with Gasteiger partial charge in [-0.15, -0.1) is 0 Å². The molecule has 3 aliphatic rings. The summed E-state index contributed by atoms with van der Waals surface area (Å²) in [5.41, 5.74) is 1.57. The topological polar surface area (TPSA) is 87.7 Å². The van der Waals surface area contributed by atoms with Crippen molar-refractivity contribution >= 4 is 29.2 Å². The molecule has 0 saturated carbocycles. The zero-order valence-electron chi connectivity index (χ0n) is 17.4. The number of carbonyl (C=O) groups excluding carboxylic acids is 3. The first-order valence-corrected chi connectivity index (χ1v) is 10.8. The van der Waals surface area contributed by atoms with Gasteiger partial charge < -0.3 is 15.4 Å². The van der Waals surface area contributed by atoms with Crippen LogP contribution in [0.2, 0.25) is 0 Å². The number of benzene rings is 2. The molecule has 3 aliphatic heterocycles. The molecule has 3 unspecified atom stereocenters. The molecule has 2 aromatic rings. The number of fused-ring (bicyclic) bond motifs is 4. The number of carbonyl (C=O) groups is 3. The van der Waals surface area contributed by atoms with E-state index in [0.29, 0.717) is 17.7 Å². The summed E-state index contributed by atoms with van der Waals surface area (Å²) in [5.74, 6) is -1.28. The van der Waals surface area contributed by atoms with Crippen LogP contribution in [-0.2, 0) is 19.9 Å². The minimum absolute atomic E-state index is 0.126. The lowest BCUT2D eigenvalue weighted by atomic mass is 9.78. The highest BCUT2D eigenvalue weighted by atomic mass is 16.5. The van der Waals surface area contributed by atoms with E-state index in [4.69, 9.17) is 4.74 Å². The van der Waals surface area contributed by atoms with E-state index in [0.717, 1.165) is 30.6 Å². The van der Waals surface area contributed by atoms with Gasteiger partial charge in [-0.05, 0) is 57.0 Å². The maximum absolute atomic E-state index is 13.5. The van der Waals surface area contributed by atoms with Gasteiger partial charge in [0.05, 0.1) is 18.1 Å². The van der Waals surface area contributed by atoms with Crippen LogP contribution in [0.15, 0.2) is 48.5 Å². The van der Waals surface area contributed by atoms with Gasteiger partial charge in [-0.2, -0.15) is 0 Å². The highest BCUT2D eigenvalue weighted by Crippen LogP contribution is 2.55. The van der Waals surface area contributed by atoms with Gasteiger partial charge in [0.25, 0.3) is 0 Å². The van der Waals surface area contributed by atoms with Crippen molar-refractivity contribution in [1.82, 2.24) is 4.90 Å². The Bertz CT molecular complexity index is 1070. The van der Waals surface area contributed by atoms with Crippen LogP contribution < -0.4 is 10.6 Å². The second-order valence-corrected chi connectivity index (χ2v) is 8.33. The SMILES string of the molecule is CCOC(=O)c1cccc(NC(=O)C2CC3CCCN3C23C(=O)Nc2ccccc23)c1. The Hall–Kier alpha value is -3.19. The van der Waals surface area contributed by atoms with E-state index in [9.17, 15) is 14.4 Å². The van der Waals surface area contributed by atoms with Crippen molar-refractivity contribution < 1.29 is 19.1 Å². The molecular weight excluding hydrogens is 394 g/mol. The van der Waals surface area contributed by atoms with Gasteiger partial charge in [0.2, 0.25) is 11.8 Å². The van der Waals surface area contributed by atoms with Crippen LogP contribution in [0.3, 0.4) is 0 Å². The first-order valence-electron chi connectivity index (χ1n) is 10.8. The molecule has 0 aliphatic carbocycles. The highest BCUT2D eigenvalue weighted by Gasteiger charge is 2.65. The van der Waals surface area contributed by atoms with Crippen LogP contribution in [0.5, 0.6) is 0 Å². The molecular formula is C24H25N3O4. The van der Waals surface area contributed by atoms with Crippen LogP contribution in [0.4, 0.5) is 11.4 Å². The molecule has 7 nitrogen and oxygen atoms in total. The van der Waals surface area contributed by atoms with Gasteiger partial charge in [-0.1, -0.05) is 24.3 Å². The largest absolute Gasteiger partial charge is 0.462 e. The molecule has 160 valence electrons. The van der Waals surface area contributed by atoms with Gasteiger partial charge in [0, 0.05) is 23.0 Å². The first-order chi connectivity index (χ1) is 15.1. The summed E-state index contributed by atoms with van der Waals surface area (Å²) in [6.07, 6.45) is 2.64. The molecule has 2 amide bonds. The van der Waals surface area contributed by atoms with Crippen LogP contribution >= 0.6 is 0 Å². The third-order valence-electron chi connectivity index (χ3n) is 6.73. The Morgan fingerprint density at radius 3 is 2.90 bits per heavy atom.